The minimum atomic E-state index is -1.87. The van der Waals surface area contributed by atoms with E-state index in [9.17, 15) is 54.0 Å². The van der Waals surface area contributed by atoms with Crippen molar-refractivity contribution in [2.45, 2.75) is 120 Å². The van der Waals surface area contributed by atoms with Crippen molar-refractivity contribution < 1.29 is 63.6 Å². The van der Waals surface area contributed by atoms with Gasteiger partial charge in [0.25, 0.3) is 5.91 Å². The summed E-state index contributed by atoms with van der Waals surface area (Å²) in [6.45, 7) is 4.94. The molecular weight excluding hydrogens is 1200 g/mol. The number of carboxylic acids is 1. The number of pyridine rings is 1. The molecule has 1 aliphatic rings. The number of hydrogen-bond acceptors (Lipinski definition) is 18. The molecule has 472 valence electrons. The first-order chi connectivity index (χ1) is 42.1. The fraction of sp³-hybridized carbons (Fsp3) is 0.397. The summed E-state index contributed by atoms with van der Waals surface area (Å²) < 4.78 is 0. The van der Waals surface area contributed by atoms with Crippen LogP contribution in [0.15, 0.2) is 103 Å². The van der Waals surface area contributed by atoms with Crippen LogP contribution in [0, 0.1) is 0 Å². The van der Waals surface area contributed by atoms with Crippen LogP contribution < -0.4 is 64.4 Å². The van der Waals surface area contributed by atoms with Crippen molar-refractivity contribution in [3.8, 4) is 5.75 Å². The molecule has 0 spiro atoms. The van der Waals surface area contributed by atoms with Crippen LogP contribution in [0.2, 0.25) is 0 Å². The van der Waals surface area contributed by atoms with Crippen LogP contribution in [0.3, 0.4) is 0 Å². The van der Waals surface area contributed by atoms with E-state index in [1.54, 1.807) is 60.8 Å². The zero-order valence-corrected chi connectivity index (χ0v) is 50.8. The van der Waals surface area contributed by atoms with E-state index in [1.165, 1.54) is 49.5 Å². The molecular formula is C58H74N14O13S3. The Hall–Kier alpha value is -8.55. The van der Waals surface area contributed by atoms with E-state index in [-0.39, 0.29) is 55.7 Å². The monoisotopic (exact) mass is 1270 g/mol. The van der Waals surface area contributed by atoms with Crippen molar-refractivity contribution in [1.29, 1.82) is 0 Å². The lowest BCUT2D eigenvalue weighted by molar-refractivity contribution is -0.145. The molecule has 1 aliphatic heterocycles. The second-order valence-electron chi connectivity index (χ2n) is 20.6. The number of para-hydroxylation sites is 1. The van der Waals surface area contributed by atoms with E-state index in [0.29, 0.717) is 51.5 Å². The molecule has 8 amide bonds. The average Bonchev–Trinajstić information content (AvgIpc) is 4.13. The smallest absolute Gasteiger partial charge is 0.328 e. The van der Waals surface area contributed by atoms with Crippen LogP contribution in [0.1, 0.15) is 67.1 Å². The van der Waals surface area contributed by atoms with Gasteiger partial charge in [-0.3, -0.25) is 49.2 Å². The highest BCUT2D eigenvalue weighted by Crippen LogP contribution is 2.25. The molecule has 0 saturated carbocycles. The number of anilines is 1. The first-order valence-electron chi connectivity index (χ1n) is 28.2. The Labute approximate surface area is 520 Å². The second-order valence-corrected chi connectivity index (χ2v) is 23.6. The molecule has 0 radical (unpaired) electrons. The van der Waals surface area contributed by atoms with Crippen molar-refractivity contribution >= 4 is 109 Å². The standard InChI is InChI=1S/C58H74N14O13S3/c1-4-60-58(86)72-71-46-22-19-35(27-62-46)49(76)64-41(24-33-12-6-5-7-13-33)52(79)67-44-29-87-88-30-45(55(82)70-48(32(3)74)57(84)85)68-56(83)47(31(2)73)69-50(77)40(16-10-11-23-59)63-53(80)43(26-36-28-61-39-15-9-8-14-38(36)39)66-51(78)42(65-54(44)81)25-34-17-20-37(75)21-18-34/h5-9,12-15,17-22,27-28,31-32,40-45,47-48,61,73-75H,4,10-11,16,23-26,29-30,59H2,1-3H3,(H,62,71)(H,63,80)(H,64,76)(H,65,81)(H,66,78)(H,67,79)(H,68,83)(H,69,77)(H,70,82)(H,84,85)(H2,60,72,86)/t31-,32-,40+,41-,42?,43-,44?,45+,47?,48+/m1/s1. The third kappa shape index (κ3) is 20.8. The van der Waals surface area contributed by atoms with Crippen LogP contribution in [0.5, 0.6) is 5.75 Å². The van der Waals surface area contributed by atoms with Gasteiger partial charge in [-0.05, 0) is 106 Å². The van der Waals surface area contributed by atoms with E-state index < -0.39 is 120 Å². The minimum Gasteiger partial charge on any atom is -0.508 e. The average molecular weight is 1270 g/mol. The second kappa shape index (κ2) is 34.1. The predicted molar refractivity (Wildman–Crippen MR) is 335 cm³/mol. The summed E-state index contributed by atoms with van der Waals surface area (Å²) in [5.41, 5.74) is 13.8. The van der Waals surface area contributed by atoms with Gasteiger partial charge in [0.15, 0.2) is 11.2 Å². The Morgan fingerprint density at radius 2 is 1.41 bits per heavy atom. The van der Waals surface area contributed by atoms with Gasteiger partial charge in [-0.15, -0.1) is 0 Å². The van der Waals surface area contributed by atoms with Gasteiger partial charge in [-0.2, -0.15) is 0 Å². The highest BCUT2D eigenvalue weighted by Gasteiger charge is 2.37. The summed E-state index contributed by atoms with van der Waals surface area (Å²) in [4.78, 5) is 136. The number of hydrazine groups is 1. The fourth-order valence-corrected chi connectivity index (χ4v) is 11.6. The number of aromatic hydroxyl groups is 1. The maximum atomic E-state index is 15.1. The van der Waals surface area contributed by atoms with Crippen LogP contribution in [0.25, 0.3) is 10.9 Å². The number of carbonyl (C=O) groups is 9. The summed E-state index contributed by atoms with van der Waals surface area (Å²) in [5.74, 6) is -9.69. The first-order valence-corrected chi connectivity index (χ1v) is 31.1. The molecule has 27 nitrogen and oxygen atoms in total. The summed E-state index contributed by atoms with van der Waals surface area (Å²) in [7, 11) is 1.75. The number of unbranched alkanes of at least 4 members (excludes halogenated alkanes) is 1. The lowest BCUT2D eigenvalue weighted by Crippen LogP contribution is -2.62. The molecule has 1 saturated heterocycles. The minimum absolute atomic E-state index is 0.0516. The number of aliphatic hydroxyl groups excluding tert-OH is 2. The predicted octanol–water partition coefficient (Wildman–Crippen LogP) is -0.330. The number of nitrogens with two attached hydrogens (primary N) is 1. The Kier molecular flexibility index (Phi) is 26.6. The number of aromatic nitrogens is 2. The lowest BCUT2D eigenvalue weighted by atomic mass is 10.0. The van der Waals surface area contributed by atoms with E-state index in [1.807, 2.05) is 6.92 Å². The number of H-pyrrole nitrogens is 1. The maximum Gasteiger partial charge on any atom is 0.328 e. The molecule has 3 unspecified atom stereocenters. The third-order valence-electron chi connectivity index (χ3n) is 13.8. The van der Waals surface area contributed by atoms with Crippen molar-refractivity contribution in [3.63, 3.8) is 0 Å². The highest BCUT2D eigenvalue weighted by atomic mass is 33.1. The Morgan fingerprint density at radius 1 is 0.750 bits per heavy atom. The van der Waals surface area contributed by atoms with Crippen molar-refractivity contribution in [3.05, 3.63) is 126 Å². The van der Waals surface area contributed by atoms with E-state index in [0.717, 1.165) is 28.5 Å². The third-order valence-corrected chi connectivity index (χ3v) is 16.5. The molecule has 5 aromatic rings. The molecule has 3 aromatic carbocycles. The zero-order valence-electron chi connectivity index (χ0n) is 48.4. The number of carboxylic acid groups (broad SMARTS) is 1. The number of aromatic amines is 1. The fourth-order valence-electron chi connectivity index (χ4n) is 9.05. The van der Waals surface area contributed by atoms with Crippen LogP contribution >= 0.6 is 33.8 Å². The number of nitrogens with zero attached hydrogens (tertiary/aromatic N) is 1. The number of thiocarbonyl (C=S) groups is 1. The molecule has 10 atom stereocenters. The SMILES string of the molecule is CCNC(=S)NNc1ccc(C(=O)N[C@H](Cc2ccccc2)C(=O)NC2CSSC[C@@H](C(=O)N[C@H](C(=O)O)[C@@H](C)O)NC(=O)C([C@@H](C)O)NC(=O)[C@H](CCCCN)NC(=O)[C@@H](Cc3c[nH]c4ccccc34)NC(=O)C(Cc3ccc(O)cc3)NC2=O)cn1. The Bertz CT molecular complexity index is 3220. The zero-order chi connectivity index (χ0) is 63.9. The molecule has 2 aromatic heterocycles. The van der Waals surface area contributed by atoms with Crippen molar-refractivity contribution in [1.82, 2.24) is 63.2 Å². The van der Waals surface area contributed by atoms with Gasteiger partial charge in [-0.1, -0.05) is 82.3 Å². The largest absolute Gasteiger partial charge is 0.508 e. The molecule has 0 aliphatic carbocycles. The van der Waals surface area contributed by atoms with Gasteiger partial charge >= 0.3 is 5.97 Å². The maximum absolute atomic E-state index is 15.1. The normalized spacial score (nSPS) is 20.4. The number of aliphatic hydroxyl groups is 2. The number of carbonyl (C=O) groups excluding carboxylic acids is 8. The summed E-state index contributed by atoms with van der Waals surface area (Å²) >= 11 is 5.18. The first kappa shape index (κ1) is 68.6. The molecule has 1 fully saturated rings. The Morgan fingerprint density at radius 3 is 2.07 bits per heavy atom. The van der Waals surface area contributed by atoms with Crippen molar-refractivity contribution in [2.75, 3.05) is 30.0 Å². The van der Waals surface area contributed by atoms with Gasteiger partial charge in [0.2, 0.25) is 41.4 Å². The number of phenols is 1. The van der Waals surface area contributed by atoms with Crippen LogP contribution in [0.4, 0.5) is 5.82 Å². The van der Waals surface area contributed by atoms with Gasteiger partial charge in [0.1, 0.15) is 53.9 Å². The van der Waals surface area contributed by atoms with Gasteiger partial charge in [-0.25, -0.2) is 9.78 Å². The molecule has 18 N–H and O–H groups in total. The summed E-state index contributed by atoms with van der Waals surface area (Å²) in [6, 6.07) is 11.8. The Balaban J connectivity index is 1.42. The van der Waals surface area contributed by atoms with E-state index in [2.05, 4.69) is 68.7 Å². The number of aliphatic carboxylic acids is 1. The molecule has 30 heteroatoms. The summed E-state index contributed by atoms with van der Waals surface area (Å²) in [5, 5.41) is 66.2. The van der Waals surface area contributed by atoms with Gasteiger partial charge < -0.3 is 79.0 Å². The van der Waals surface area contributed by atoms with Crippen LogP contribution in [-0.2, 0) is 57.6 Å². The topological polar surface area (TPSA) is 422 Å². The van der Waals surface area contributed by atoms with Crippen molar-refractivity contribution in [2.24, 2.45) is 5.73 Å². The van der Waals surface area contributed by atoms with E-state index >= 15 is 9.59 Å². The number of fused-ring (bicyclic) bond motifs is 1. The number of phenolic OH excluding ortho intramolecular Hbond substituents is 1. The molecule has 88 heavy (non-hydrogen) atoms. The van der Waals surface area contributed by atoms with Gasteiger partial charge in [0.05, 0.1) is 17.8 Å². The summed E-state index contributed by atoms with van der Waals surface area (Å²) in [6.07, 6.45) is -0.271. The number of hydrogen-bond donors (Lipinski definition) is 17. The number of nitrogens with one attached hydrogen (secondary N) is 12. The molecule has 3 heterocycles. The van der Waals surface area contributed by atoms with Gasteiger partial charge in [0, 0.05) is 60.6 Å². The number of benzene rings is 3. The quantitative estimate of drug-likeness (QED) is 0.0183. The number of rotatable bonds is 22. The van der Waals surface area contributed by atoms with E-state index in [4.69, 9.17) is 18.0 Å². The highest BCUT2D eigenvalue weighted by molar-refractivity contribution is 8.76. The molecule has 0 bridgehead atoms. The van der Waals surface area contributed by atoms with Crippen LogP contribution in [-0.4, -0.2) is 174 Å². The number of amides is 8. The molecule has 6 rings (SSSR count). The lowest BCUT2D eigenvalue weighted by Gasteiger charge is -2.29.